The number of esters is 1. The molecule has 0 spiro atoms. The van der Waals surface area contributed by atoms with Gasteiger partial charge in [-0.1, -0.05) is 0 Å². The number of hydrogen-bond acceptors (Lipinski definition) is 7. The van der Waals surface area contributed by atoms with Gasteiger partial charge in [-0.05, 0) is 13.0 Å². The second-order valence-electron chi connectivity index (χ2n) is 3.77. The van der Waals surface area contributed by atoms with Crippen LogP contribution in [-0.2, 0) is 19.6 Å². The standard InChI is InChI=1S/C10H12N2O7S/c1-6(10(14)19-2)20(17,18)11-8-5-7(12(15)16)3-4-9(8)13/h3-6,11,13H,1-2H3. The van der Waals surface area contributed by atoms with E-state index in [9.17, 15) is 28.4 Å². The molecular weight excluding hydrogens is 292 g/mol. The molecule has 0 fully saturated rings. The molecule has 0 radical (unpaired) electrons. The van der Waals surface area contributed by atoms with Crippen molar-refractivity contribution in [3.05, 3.63) is 28.3 Å². The molecule has 0 saturated carbocycles. The van der Waals surface area contributed by atoms with E-state index in [1.807, 2.05) is 4.72 Å². The highest BCUT2D eigenvalue weighted by molar-refractivity contribution is 7.94. The van der Waals surface area contributed by atoms with Crippen LogP contribution in [0.2, 0.25) is 0 Å². The molecular formula is C10H12N2O7S. The lowest BCUT2D eigenvalue weighted by Crippen LogP contribution is -2.33. The molecule has 10 heteroatoms. The van der Waals surface area contributed by atoms with Gasteiger partial charge in [-0.2, -0.15) is 0 Å². The lowest BCUT2D eigenvalue weighted by Gasteiger charge is -2.13. The lowest BCUT2D eigenvalue weighted by atomic mass is 10.2. The molecule has 1 rings (SSSR count). The minimum Gasteiger partial charge on any atom is -0.506 e. The van der Waals surface area contributed by atoms with Gasteiger partial charge in [0.05, 0.1) is 17.7 Å². The third-order valence-corrected chi connectivity index (χ3v) is 4.07. The Morgan fingerprint density at radius 3 is 2.60 bits per heavy atom. The second-order valence-corrected chi connectivity index (χ2v) is 5.77. The summed E-state index contributed by atoms with van der Waals surface area (Å²) in [6.07, 6.45) is 0. The summed E-state index contributed by atoms with van der Waals surface area (Å²) in [5, 5.41) is 18.5. The average molecular weight is 304 g/mol. The van der Waals surface area contributed by atoms with Crippen LogP contribution in [0.5, 0.6) is 5.75 Å². The van der Waals surface area contributed by atoms with Gasteiger partial charge in [-0.15, -0.1) is 0 Å². The van der Waals surface area contributed by atoms with Gasteiger partial charge in [0.1, 0.15) is 5.75 Å². The van der Waals surface area contributed by atoms with E-state index in [-0.39, 0.29) is 0 Å². The molecule has 1 atom stereocenters. The molecule has 0 aliphatic heterocycles. The van der Waals surface area contributed by atoms with Crippen molar-refractivity contribution in [1.29, 1.82) is 0 Å². The topological polar surface area (TPSA) is 136 Å². The Labute approximate surface area is 114 Å². The highest BCUT2D eigenvalue weighted by atomic mass is 32.2. The van der Waals surface area contributed by atoms with E-state index < -0.39 is 43.3 Å². The van der Waals surface area contributed by atoms with E-state index in [2.05, 4.69) is 4.74 Å². The molecule has 0 aromatic heterocycles. The molecule has 110 valence electrons. The Kier molecular flexibility index (Phi) is 4.50. The summed E-state index contributed by atoms with van der Waals surface area (Å²) in [6, 6.07) is 2.83. The number of ether oxygens (including phenoxy) is 1. The van der Waals surface area contributed by atoms with Crippen molar-refractivity contribution in [2.45, 2.75) is 12.2 Å². The summed E-state index contributed by atoms with van der Waals surface area (Å²) in [4.78, 5) is 21.0. The van der Waals surface area contributed by atoms with Crippen LogP contribution < -0.4 is 4.72 Å². The van der Waals surface area contributed by atoms with E-state index in [1.54, 1.807) is 0 Å². The highest BCUT2D eigenvalue weighted by Gasteiger charge is 2.30. The van der Waals surface area contributed by atoms with E-state index >= 15 is 0 Å². The minimum absolute atomic E-state index is 0.394. The smallest absolute Gasteiger partial charge is 0.325 e. The van der Waals surface area contributed by atoms with Crippen molar-refractivity contribution in [3.8, 4) is 5.75 Å². The molecule has 2 N–H and O–H groups in total. The zero-order valence-corrected chi connectivity index (χ0v) is 11.4. The molecule has 0 saturated heterocycles. The molecule has 0 aliphatic carbocycles. The number of nitro benzene ring substituents is 1. The van der Waals surface area contributed by atoms with E-state index in [0.29, 0.717) is 0 Å². The number of nitrogens with one attached hydrogen (secondary N) is 1. The number of carbonyl (C=O) groups excluding carboxylic acids is 1. The van der Waals surface area contributed by atoms with Gasteiger partial charge in [0.25, 0.3) is 5.69 Å². The Bertz CT molecular complexity index is 641. The van der Waals surface area contributed by atoms with Gasteiger partial charge >= 0.3 is 5.97 Å². The maximum atomic E-state index is 11.8. The largest absolute Gasteiger partial charge is 0.506 e. The van der Waals surface area contributed by atoms with Crippen LogP contribution >= 0.6 is 0 Å². The number of aromatic hydroxyl groups is 1. The zero-order valence-electron chi connectivity index (χ0n) is 10.6. The Morgan fingerprint density at radius 2 is 2.10 bits per heavy atom. The van der Waals surface area contributed by atoms with Crippen LogP contribution in [0.15, 0.2) is 18.2 Å². The molecule has 9 nitrogen and oxygen atoms in total. The molecule has 1 aromatic carbocycles. The second kappa shape index (κ2) is 5.74. The number of carbonyl (C=O) groups is 1. The third kappa shape index (κ3) is 3.35. The number of benzene rings is 1. The van der Waals surface area contributed by atoms with Crippen molar-refractivity contribution in [2.75, 3.05) is 11.8 Å². The van der Waals surface area contributed by atoms with Gasteiger partial charge in [0.15, 0.2) is 5.25 Å². The van der Waals surface area contributed by atoms with Gasteiger partial charge in [-0.3, -0.25) is 19.6 Å². The number of nitrogens with zero attached hydrogens (tertiary/aromatic N) is 1. The first-order valence-electron chi connectivity index (χ1n) is 5.26. The number of non-ortho nitro benzene ring substituents is 1. The summed E-state index contributed by atoms with van der Waals surface area (Å²) < 4.78 is 29.9. The molecule has 0 amide bonds. The fraction of sp³-hybridized carbons (Fsp3) is 0.300. The molecule has 0 heterocycles. The van der Waals surface area contributed by atoms with Crippen molar-refractivity contribution in [2.24, 2.45) is 0 Å². The number of methoxy groups -OCH3 is 1. The van der Waals surface area contributed by atoms with Crippen molar-refractivity contribution in [1.82, 2.24) is 0 Å². The summed E-state index contributed by atoms with van der Waals surface area (Å²) in [7, 11) is -3.17. The summed E-state index contributed by atoms with van der Waals surface area (Å²) in [5.41, 5.74) is -0.804. The molecule has 0 aliphatic rings. The molecule has 0 bridgehead atoms. The predicted molar refractivity (Wildman–Crippen MR) is 68.8 cm³/mol. The van der Waals surface area contributed by atoms with Gasteiger partial charge in [-0.25, -0.2) is 8.42 Å². The molecule has 20 heavy (non-hydrogen) atoms. The zero-order chi connectivity index (χ0) is 15.5. The monoisotopic (exact) mass is 304 g/mol. The summed E-state index contributed by atoms with van der Waals surface area (Å²) in [5.74, 6) is -1.50. The van der Waals surface area contributed by atoms with Crippen LogP contribution in [0.3, 0.4) is 0 Å². The van der Waals surface area contributed by atoms with Crippen LogP contribution in [0.4, 0.5) is 11.4 Å². The third-order valence-electron chi connectivity index (χ3n) is 2.44. The predicted octanol–water partition coefficient (Wildman–Crippen LogP) is 0.604. The Hall–Kier alpha value is -2.36. The number of phenolic OH excluding ortho intramolecular Hbond substituents is 1. The van der Waals surface area contributed by atoms with E-state index in [4.69, 9.17) is 0 Å². The average Bonchev–Trinajstić information content (AvgIpc) is 2.38. The van der Waals surface area contributed by atoms with Crippen molar-refractivity contribution in [3.63, 3.8) is 0 Å². The van der Waals surface area contributed by atoms with Crippen molar-refractivity contribution >= 4 is 27.4 Å². The van der Waals surface area contributed by atoms with Gasteiger partial charge < -0.3 is 9.84 Å². The first-order chi connectivity index (χ1) is 9.19. The van der Waals surface area contributed by atoms with Crippen LogP contribution in [0, 0.1) is 10.1 Å². The summed E-state index contributed by atoms with van der Waals surface area (Å²) in [6.45, 7) is 1.09. The van der Waals surface area contributed by atoms with Gasteiger partial charge in [0.2, 0.25) is 10.0 Å². The maximum Gasteiger partial charge on any atom is 0.325 e. The molecule has 1 aromatic rings. The number of rotatable bonds is 5. The fourth-order valence-corrected chi connectivity index (χ4v) is 2.25. The lowest BCUT2D eigenvalue weighted by molar-refractivity contribution is -0.384. The van der Waals surface area contributed by atoms with E-state index in [1.165, 1.54) is 0 Å². The molecule has 1 unspecified atom stereocenters. The highest BCUT2D eigenvalue weighted by Crippen LogP contribution is 2.29. The fourth-order valence-electron chi connectivity index (χ4n) is 1.25. The number of sulfonamides is 1. The Balaban J connectivity index is 3.12. The van der Waals surface area contributed by atoms with E-state index in [0.717, 1.165) is 32.2 Å². The maximum absolute atomic E-state index is 11.8. The number of anilines is 1. The normalized spacial score (nSPS) is 12.5. The summed E-state index contributed by atoms with van der Waals surface area (Å²) >= 11 is 0. The first-order valence-corrected chi connectivity index (χ1v) is 6.80. The Morgan fingerprint density at radius 1 is 1.50 bits per heavy atom. The SMILES string of the molecule is COC(=O)C(C)S(=O)(=O)Nc1cc([N+](=O)[O-])ccc1O. The minimum atomic E-state index is -4.20. The van der Waals surface area contributed by atoms with Crippen LogP contribution in [-0.4, -0.2) is 36.8 Å². The van der Waals surface area contributed by atoms with Gasteiger partial charge in [0, 0.05) is 12.1 Å². The van der Waals surface area contributed by atoms with Crippen LogP contribution in [0.25, 0.3) is 0 Å². The number of phenols is 1. The number of nitro groups is 1. The quantitative estimate of drug-likeness (QED) is 0.352. The van der Waals surface area contributed by atoms with Crippen molar-refractivity contribution < 1.29 is 28.0 Å². The number of hydrogen-bond donors (Lipinski definition) is 2. The van der Waals surface area contributed by atoms with Crippen LogP contribution in [0.1, 0.15) is 6.92 Å². The first kappa shape index (κ1) is 15.7.